The molecule has 1 aromatic carbocycles. The highest BCUT2D eigenvalue weighted by Crippen LogP contribution is 2.35. The summed E-state index contributed by atoms with van der Waals surface area (Å²) in [7, 11) is 2.14. The van der Waals surface area contributed by atoms with E-state index in [4.69, 9.17) is 17.3 Å². The number of likely N-dealkylation sites (tertiary alicyclic amines) is 1. The van der Waals surface area contributed by atoms with Crippen molar-refractivity contribution in [2.45, 2.75) is 24.9 Å². The summed E-state index contributed by atoms with van der Waals surface area (Å²) in [6.45, 7) is 1.05. The van der Waals surface area contributed by atoms with Crippen LogP contribution in [0.1, 0.15) is 24.4 Å². The zero-order valence-corrected chi connectivity index (χ0v) is 11.6. The van der Waals surface area contributed by atoms with Gasteiger partial charge in [-0.25, -0.2) is 0 Å². The van der Waals surface area contributed by atoms with Crippen LogP contribution in [0.25, 0.3) is 0 Å². The Balaban J connectivity index is 2.30. The number of nitrogens with two attached hydrogens (primary N) is 1. The smallest absolute Gasteiger partial charge is 0.0410 e. The fraction of sp³-hybridized carbons (Fsp3) is 0.500. The van der Waals surface area contributed by atoms with Gasteiger partial charge in [0.2, 0.25) is 0 Å². The minimum absolute atomic E-state index is 0.298. The fourth-order valence-corrected chi connectivity index (χ4v) is 2.94. The average Bonchev–Trinajstić information content (AvgIpc) is 2.25. The highest BCUT2D eigenvalue weighted by Gasteiger charge is 2.26. The molecule has 2 atom stereocenters. The molecule has 1 aliphatic rings. The monoisotopic (exact) mass is 302 g/mol. The Kier molecular flexibility index (Phi) is 3.90. The topological polar surface area (TPSA) is 29.3 Å². The molecule has 2 N–H and O–H groups in total. The molecule has 2 nitrogen and oxygen atoms in total. The van der Waals surface area contributed by atoms with Crippen molar-refractivity contribution >= 4 is 27.5 Å². The SMILES string of the molecule is CN1CCC(N)CC1c1cc(Cl)ccc1Br. The molecule has 1 fully saturated rings. The molecule has 4 heteroatoms. The van der Waals surface area contributed by atoms with E-state index in [2.05, 4.69) is 27.9 Å². The second kappa shape index (κ2) is 5.05. The minimum Gasteiger partial charge on any atom is -0.328 e. The van der Waals surface area contributed by atoms with Gasteiger partial charge >= 0.3 is 0 Å². The van der Waals surface area contributed by atoms with Gasteiger partial charge in [-0.15, -0.1) is 0 Å². The lowest BCUT2D eigenvalue weighted by Crippen LogP contribution is -2.40. The molecule has 0 radical (unpaired) electrons. The second-order valence-electron chi connectivity index (χ2n) is 4.45. The van der Waals surface area contributed by atoms with Gasteiger partial charge < -0.3 is 5.73 Å². The molecule has 1 aromatic rings. The van der Waals surface area contributed by atoms with E-state index < -0.39 is 0 Å². The summed E-state index contributed by atoms with van der Waals surface area (Å²) in [6.07, 6.45) is 2.07. The van der Waals surface area contributed by atoms with Crippen molar-refractivity contribution in [3.8, 4) is 0 Å². The van der Waals surface area contributed by atoms with E-state index in [1.54, 1.807) is 0 Å². The van der Waals surface area contributed by atoms with Gasteiger partial charge in [-0.3, -0.25) is 4.90 Å². The fourth-order valence-electron chi connectivity index (χ4n) is 2.24. The molecule has 2 unspecified atom stereocenters. The largest absolute Gasteiger partial charge is 0.328 e. The Morgan fingerprint density at radius 3 is 3.00 bits per heavy atom. The lowest BCUT2D eigenvalue weighted by molar-refractivity contribution is 0.171. The van der Waals surface area contributed by atoms with E-state index in [1.807, 2.05) is 18.2 Å². The van der Waals surface area contributed by atoms with Gasteiger partial charge in [0.1, 0.15) is 0 Å². The summed E-state index contributed by atoms with van der Waals surface area (Å²) in [5.41, 5.74) is 7.28. The molecule has 1 heterocycles. The molecular formula is C12H16BrClN2. The number of nitrogens with zero attached hydrogens (tertiary/aromatic N) is 1. The maximum atomic E-state index is 6.05. The Morgan fingerprint density at radius 1 is 1.50 bits per heavy atom. The Hall–Kier alpha value is -0.0900. The molecule has 0 spiro atoms. The van der Waals surface area contributed by atoms with Gasteiger partial charge in [0.15, 0.2) is 0 Å². The number of hydrogen-bond donors (Lipinski definition) is 1. The first-order chi connectivity index (χ1) is 7.58. The van der Waals surface area contributed by atoms with Crippen LogP contribution in [0.15, 0.2) is 22.7 Å². The summed E-state index contributed by atoms with van der Waals surface area (Å²) in [4.78, 5) is 2.35. The van der Waals surface area contributed by atoms with E-state index >= 15 is 0 Å². The summed E-state index contributed by atoms with van der Waals surface area (Å²) in [5.74, 6) is 0. The normalized spacial score (nSPS) is 27.0. The lowest BCUT2D eigenvalue weighted by Gasteiger charge is -2.36. The Labute approximate surface area is 110 Å². The van der Waals surface area contributed by atoms with Crippen LogP contribution in [0.2, 0.25) is 5.02 Å². The standard InChI is InChI=1S/C12H16BrClN2/c1-16-5-4-9(15)7-12(16)10-6-8(14)2-3-11(10)13/h2-3,6,9,12H,4-5,7,15H2,1H3. The van der Waals surface area contributed by atoms with Crippen LogP contribution in [-0.2, 0) is 0 Å². The predicted molar refractivity (Wildman–Crippen MR) is 71.7 cm³/mol. The number of piperidine rings is 1. The molecule has 2 rings (SSSR count). The van der Waals surface area contributed by atoms with Gasteiger partial charge in [-0.2, -0.15) is 0 Å². The van der Waals surface area contributed by atoms with Crippen molar-refractivity contribution in [3.63, 3.8) is 0 Å². The molecule has 16 heavy (non-hydrogen) atoms. The van der Waals surface area contributed by atoms with Crippen LogP contribution in [0.3, 0.4) is 0 Å². The van der Waals surface area contributed by atoms with Crippen molar-refractivity contribution in [1.82, 2.24) is 4.90 Å². The maximum Gasteiger partial charge on any atom is 0.0410 e. The highest BCUT2D eigenvalue weighted by molar-refractivity contribution is 9.10. The van der Waals surface area contributed by atoms with E-state index in [1.165, 1.54) is 5.56 Å². The molecular weight excluding hydrogens is 288 g/mol. The quantitative estimate of drug-likeness (QED) is 0.863. The summed E-state index contributed by atoms with van der Waals surface area (Å²) in [5, 5.41) is 0.783. The third kappa shape index (κ3) is 2.59. The lowest BCUT2D eigenvalue weighted by atomic mass is 9.93. The van der Waals surface area contributed by atoms with E-state index in [0.717, 1.165) is 28.9 Å². The average molecular weight is 304 g/mol. The van der Waals surface area contributed by atoms with Crippen molar-refractivity contribution in [3.05, 3.63) is 33.3 Å². The third-order valence-corrected chi connectivity index (χ3v) is 4.18. The summed E-state index contributed by atoms with van der Waals surface area (Å²) < 4.78 is 1.11. The molecule has 1 saturated heterocycles. The summed E-state index contributed by atoms with van der Waals surface area (Å²) in [6, 6.07) is 6.61. The number of hydrogen-bond acceptors (Lipinski definition) is 2. The van der Waals surface area contributed by atoms with Gasteiger partial charge in [-0.1, -0.05) is 27.5 Å². The molecule has 88 valence electrons. The molecule has 0 amide bonds. The highest BCUT2D eigenvalue weighted by atomic mass is 79.9. The van der Waals surface area contributed by atoms with Gasteiger partial charge in [0.25, 0.3) is 0 Å². The van der Waals surface area contributed by atoms with E-state index in [9.17, 15) is 0 Å². The van der Waals surface area contributed by atoms with Crippen LogP contribution in [-0.4, -0.2) is 24.5 Å². The zero-order valence-electron chi connectivity index (χ0n) is 9.29. The van der Waals surface area contributed by atoms with Crippen LogP contribution in [0, 0.1) is 0 Å². The molecule has 0 saturated carbocycles. The molecule has 0 aliphatic carbocycles. The van der Waals surface area contributed by atoms with Crippen molar-refractivity contribution in [1.29, 1.82) is 0 Å². The number of benzene rings is 1. The number of halogens is 2. The predicted octanol–water partition coefficient (Wildman–Crippen LogP) is 3.20. The zero-order chi connectivity index (χ0) is 11.7. The van der Waals surface area contributed by atoms with E-state index in [-0.39, 0.29) is 0 Å². The van der Waals surface area contributed by atoms with Crippen molar-refractivity contribution in [2.75, 3.05) is 13.6 Å². The van der Waals surface area contributed by atoms with E-state index in [0.29, 0.717) is 12.1 Å². The maximum absolute atomic E-state index is 6.05. The third-order valence-electron chi connectivity index (χ3n) is 3.23. The van der Waals surface area contributed by atoms with Gasteiger partial charge in [0, 0.05) is 21.6 Å². The van der Waals surface area contributed by atoms with Gasteiger partial charge in [-0.05, 0) is 50.2 Å². The van der Waals surface area contributed by atoms with Crippen LogP contribution >= 0.6 is 27.5 Å². The van der Waals surface area contributed by atoms with Crippen molar-refractivity contribution in [2.24, 2.45) is 5.73 Å². The first-order valence-corrected chi connectivity index (χ1v) is 6.66. The van der Waals surface area contributed by atoms with Crippen molar-refractivity contribution < 1.29 is 0 Å². The first kappa shape index (κ1) is 12.4. The molecule has 0 bridgehead atoms. The molecule has 0 aromatic heterocycles. The Bertz CT molecular complexity index is 383. The number of rotatable bonds is 1. The molecule has 1 aliphatic heterocycles. The first-order valence-electron chi connectivity index (χ1n) is 5.48. The van der Waals surface area contributed by atoms with Crippen LogP contribution in [0.4, 0.5) is 0 Å². The second-order valence-corrected chi connectivity index (χ2v) is 5.74. The van der Waals surface area contributed by atoms with Crippen LogP contribution in [0.5, 0.6) is 0 Å². The Morgan fingerprint density at radius 2 is 2.25 bits per heavy atom. The van der Waals surface area contributed by atoms with Gasteiger partial charge in [0.05, 0.1) is 0 Å². The summed E-state index contributed by atoms with van der Waals surface area (Å²) >= 11 is 9.64. The van der Waals surface area contributed by atoms with Crippen LogP contribution < -0.4 is 5.73 Å². The minimum atomic E-state index is 0.298.